The summed E-state index contributed by atoms with van der Waals surface area (Å²) in [5, 5.41) is 0. The van der Waals surface area contributed by atoms with Crippen molar-refractivity contribution in [1.82, 2.24) is 18.8 Å². The molecule has 0 atom stereocenters. The summed E-state index contributed by atoms with van der Waals surface area (Å²) >= 11 is 0. The minimum Gasteiger partial charge on any atom is -0.342 e. The van der Waals surface area contributed by atoms with E-state index in [1.807, 2.05) is 11.0 Å². The molecule has 2 saturated heterocycles. The van der Waals surface area contributed by atoms with Gasteiger partial charge in [0.1, 0.15) is 5.82 Å². The maximum absolute atomic E-state index is 12.9. The number of imidazole rings is 1. The van der Waals surface area contributed by atoms with Crippen molar-refractivity contribution in [3.8, 4) is 0 Å². The lowest BCUT2D eigenvalue weighted by Crippen LogP contribution is -2.36. The molecule has 0 radical (unpaired) electrons. The number of benzene rings is 1. The molecule has 0 bridgehead atoms. The first-order valence-corrected chi connectivity index (χ1v) is 12.8. The number of aryl methyl sites for hydroxylation is 2. The van der Waals surface area contributed by atoms with E-state index in [2.05, 4.69) is 18.1 Å². The molecule has 2 aliphatic heterocycles. The molecule has 2 fully saturated rings. The average Bonchev–Trinajstić information content (AvgIpc) is 3.41. The molecule has 0 spiro atoms. The van der Waals surface area contributed by atoms with Crippen molar-refractivity contribution < 1.29 is 13.2 Å². The van der Waals surface area contributed by atoms with Gasteiger partial charge in [-0.2, -0.15) is 4.31 Å². The Bertz CT molecular complexity index is 1070. The van der Waals surface area contributed by atoms with E-state index >= 15 is 0 Å². The summed E-state index contributed by atoms with van der Waals surface area (Å²) in [4.78, 5) is 19.6. The van der Waals surface area contributed by atoms with Crippen LogP contribution >= 0.6 is 0 Å². The first-order valence-electron chi connectivity index (χ1n) is 11.3. The molecule has 31 heavy (non-hydrogen) atoms. The molecule has 8 heteroatoms. The smallest absolute Gasteiger partial charge is 0.243 e. The fraction of sp³-hybridized carbons (Fsp3) is 0.565. The van der Waals surface area contributed by atoms with E-state index in [0.717, 1.165) is 63.1 Å². The van der Waals surface area contributed by atoms with Crippen molar-refractivity contribution in [3.63, 3.8) is 0 Å². The van der Waals surface area contributed by atoms with Gasteiger partial charge >= 0.3 is 0 Å². The number of amides is 1. The maximum Gasteiger partial charge on any atom is 0.243 e. The van der Waals surface area contributed by atoms with Crippen molar-refractivity contribution in [3.05, 3.63) is 36.2 Å². The number of nitrogens with zero attached hydrogens (tertiary/aromatic N) is 4. The zero-order valence-electron chi connectivity index (χ0n) is 18.3. The number of likely N-dealkylation sites (tertiary alicyclic amines) is 1. The van der Waals surface area contributed by atoms with Crippen LogP contribution in [-0.4, -0.2) is 59.3 Å². The van der Waals surface area contributed by atoms with Gasteiger partial charge in [-0.05, 0) is 50.3 Å². The molecule has 2 aromatic rings. The Labute approximate surface area is 184 Å². The Morgan fingerprint density at radius 2 is 1.84 bits per heavy atom. The summed E-state index contributed by atoms with van der Waals surface area (Å²) in [5.41, 5.74) is 2.83. The minimum atomic E-state index is -3.47. The predicted molar refractivity (Wildman–Crippen MR) is 121 cm³/mol. The number of sulfonamides is 1. The Kier molecular flexibility index (Phi) is 6.48. The third kappa shape index (κ3) is 4.55. The number of fused-ring (bicyclic) bond motifs is 1. The number of carbonyl (C=O) groups excluding carboxylic acids is 1. The lowest BCUT2D eigenvalue weighted by molar-refractivity contribution is -0.131. The molecule has 1 aromatic heterocycles. The lowest BCUT2D eigenvalue weighted by Gasteiger charge is -2.28. The van der Waals surface area contributed by atoms with Gasteiger partial charge in [-0.15, -0.1) is 0 Å². The van der Waals surface area contributed by atoms with Gasteiger partial charge < -0.3 is 9.47 Å². The molecule has 4 rings (SSSR count). The summed E-state index contributed by atoms with van der Waals surface area (Å²) in [6.07, 6.45) is 5.50. The van der Waals surface area contributed by atoms with Gasteiger partial charge in [-0.25, -0.2) is 13.4 Å². The van der Waals surface area contributed by atoms with Crippen LogP contribution in [0.15, 0.2) is 35.2 Å². The minimum absolute atomic E-state index is 0.153. The summed E-state index contributed by atoms with van der Waals surface area (Å²) in [6, 6.07) is 5.25. The normalized spacial score (nSPS) is 18.2. The van der Waals surface area contributed by atoms with Crippen molar-refractivity contribution in [1.29, 1.82) is 0 Å². The standard InChI is InChI=1S/C23H32N4O3S/c1-3-12-27-21-7-6-19(31(29,30)26-13-4-5-14-26)17-20(21)24-22(27)8-9-23(28)25-15-10-18(2)11-16-25/h6-7,17H,2-5,8-16H2,1H3. The Hall–Kier alpha value is -2.19. The molecule has 0 aliphatic carbocycles. The maximum atomic E-state index is 12.9. The van der Waals surface area contributed by atoms with E-state index < -0.39 is 10.0 Å². The first kappa shape index (κ1) is 22.0. The zero-order valence-corrected chi connectivity index (χ0v) is 19.2. The third-order valence-corrected chi connectivity index (χ3v) is 8.23. The fourth-order valence-corrected chi connectivity index (χ4v) is 6.05. The number of aromatic nitrogens is 2. The molecule has 0 unspecified atom stereocenters. The fourth-order valence-electron chi connectivity index (χ4n) is 4.51. The van der Waals surface area contributed by atoms with E-state index in [1.54, 1.807) is 16.4 Å². The summed E-state index contributed by atoms with van der Waals surface area (Å²) < 4.78 is 29.6. The largest absolute Gasteiger partial charge is 0.342 e. The first-order chi connectivity index (χ1) is 14.9. The molecule has 3 heterocycles. The quantitative estimate of drug-likeness (QED) is 0.614. The monoisotopic (exact) mass is 444 g/mol. The second kappa shape index (κ2) is 9.12. The average molecular weight is 445 g/mol. The number of rotatable bonds is 7. The van der Waals surface area contributed by atoms with Crippen LogP contribution < -0.4 is 0 Å². The summed E-state index contributed by atoms with van der Waals surface area (Å²) in [7, 11) is -3.47. The SMILES string of the molecule is C=C1CCN(C(=O)CCc2nc3cc(S(=O)(=O)N4CCCC4)ccc3n2CCC)CC1. The molecule has 0 saturated carbocycles. The highest BCUT2D eigenvalue weighted by atomic mass is 32.2. The number of hydrogen-bond acceptors (Lipinski definition) is 4. The van der Waals surface area contributed by atoms with E-state index in [9.17, 15) is 13.2 Å². The number of hydrogen-bond donors (Lipinski definition) is 0. The molecule has 7 nitrogen and oxygen atoms in total. The van der Waals surface area contributed by atoms with Gasteiger partial charge in [-0.3, -0.25) is 4.79 Å². The van der Waals surface area contributed by atoms with Crippen LogP contribution in [0.3, 0.4) is 0 Å². The number of carbonyl (C=O) groups is 1. The highest BCUT2D eigenvalue weighted by Gasteiger charge is 2.28. The van der Waals surface area contributed by atoms with Crippen LogP contribution in [0.5, 0.6) is 0 Å². The van der Waals surface area contributed by atoms with Crippen molar-refractivity contribution >= 4 is 27.0 Å². The van der Waals surface area contributed by atoms with Crippen molar-refractivity contribution in [2.45, 2.75) is 63.3 Å². The van der Waals surface area contributed by atoms with Gasteiger partial charge in [0.15, 0.2) is 0 Å². The molecule has 168 valence electrons. The Morgan fingerprint density at radius 3 is 2.52 bits per heavy atom. The molecular formula is C23H32N4O3S. The highest BCUT2D eigenvalue weighted by molar-refractivity contribution is 7.89. The molecular weight excluding hydrogens is 412 g/mol. The summed E-state index contributed by atoms with van der Waals surface area (Å²) in [6.45, 7) is 9.58. The van der Waals surface area contributed by atoms with Crippen LogP contribution in [-0.2, 0) is 27.8 Å². The Morgan fingerprint density at radius 1 is 1.13 bits per heavy atom. The lowest BCUT2D eigenvalue weighted by atomic mass is 10.1. The highest BCUT2D eigenvalue weighted by Crippen LogP contribution is 2.26. The zero-order chi connectivity index (χ0) is 22.0. The third-order valence-electron chi connectivity index (χ3n) is 6.33. The van der Waals surface area contributed by atoms with Crippen LogP contribution in [0.25, 0.3) is 11.0 Å². The van der Waals surface area contributed by atoms with Crippen LogP contribution in [0.1, 0.15) is 51.3 Å². The van der Waals surface area contributed by atoms with Gasteiger partial charge in [0.25, 0.3) is 0 Å². The van der Waals surface area contributed by atoms with E-state index in [1.165, 1.54) is 5.57 Å². The topological polar surface area (TPSA) is 75.5 Å². The van der Waals surface area contributed by atoms with Gasteiger partial charge in [0.05, 0.1) is 15.9 Å². The second-order valence-corrected chi connectivity index (χ2v) is 10.5. The van der Waals surface area contributed by atoms with Gasteiger partial charge in [-0.1, -0.05) is 19.1 Å². The summed E-state index contributed by atoms with van der Waals surface area (Å²) in [5.74, 6) is 1.00. The second-order valence-electron chi connectivity index (χ2n) is 8.57. The molecule has 1 aromatic carbocycles. The van der Waals surface area contributed by atoms with Crippen LogP contribution in [0, 0.1) is 0 Å². The molecule has 2 aliphatic rings. The van der Waals surface area contributed by atoms with Crippen LogP contribution in [0.2, 0.25) is 0 Å². The predicted octanol–water partition coefficient (Wildman–Crippen LogP) is 3.34. The van der Waals surface area contributed by atoms with Crippen LogP contribution in [0.4, 0.5) is 0 Å². The molecule has 0 N–H and O–H groups in total. The van der Waals surface area contributed by atoms with E-state index in [-0.39, 0.29) is 5.91 Å². The van der Waals surface area contributed by atoms with Crippen molar-refractivity contribution in [2.24, 2.45) is 0 Å². The van der Waals surface area contributed by atoms with Gasteiger partial charge in [0.2, 0.25) is 15.9 Å². The van der Waals surface area contributed by atoms with E-state index in [4.69, 9.17) is 4.98 Å². The number of piperidine rings is 1. The molecule has 1 amide bonds. The van der Waals surface area contributed by atoms with Crippen molar-refractivity contribution in [2.75, 3.05) is 26.2 Å². The van der Waals surface area contributed by atoms with E-state index in [0.29, 0.717) is 36.3 Å². The Balaban J connectivity index is 1.55. The van der Waals surface area contributed by atoms with Gasteiger partial charge in [0, 0.05) is 45.6 Å².